The number of rotatable bonds is 1. The Morgan fingerprint density at radius 3 is 3.12 bits per heavy atom. The molecule has 86 valence electrons. The molecular formula is C10H14N4O2. The Morgan fingerprint density at radius 2 is 2.56 bits per heavy atom. The van der Waals surface area contributed by atoms with Gasteiger partial charge >= 0.3 is 0 Å². The quantitative estimate of drug-likeness (QED) is 0.542. The van der Waals surface area contributed by atoms with Crippen LogP contribution in [-0.2, 0) is 0 Å². The Labute approximate surface area is 92.9 Å². The summed E-state index contributed by atoms with van der Waals surface area (Å²) in [5.41, 5.74) is 1.33. The van der Waals surface area contributed by atoms with Gasteiger partial charge in [-0.25, -0.2) is 0 Å². The highest BCUT2D eigenvalue weighted by Crippen LogP contribution is 2.15. The van der Waals surface area contributed by atoms with Gasteiger partial charge in [-0.2, -0.15) is 5.10 Å². The van der Waals surface area contributed by atoms with Crippen LogP contribution >= 0.6 is 0 Å². The Kier molecular flexibility index (Phi) is 2.89. The van der Waals surface area contributed by atoms with Crippen LogP contribution in [0.15, 0.2) is 17.5 Å². The van der Waals surface area contributed by atoms with Gasteiger partial charge in [-0.3, -0.25) is 9.89 Å². The van der Waals surface area contributed by atoms with E-state index in [1.807, 2.05) is 6.92 Å². The van der Waals surface area contributed by atoms with Crippen LogP contribution in [0.25, 0.3) is 0 Å². The van der Waals surface area contributed by atoms with E-state index in [4.69, 9.17) is 5.21 Å². The minimum Gasteiger partial charge on any atom is -0.411 e. The van der Waals surface area contributed by atoms with Crippen molar-refractivity contribution in [2.45, 2.75) is 13.3 Å². The smallest absolute Gasteiger partial charge is 0.257 e. The largest absolute Gasteiger partial charge is 0.411 e. The van der Waals surface area contributed by atoms with E-state index in [-0.39, 0.29) is 11.8 Å². The molecule has 2 N–H and O–H groups in total. The Hall–Kier alpha value is -1.85. The second-order valence-corrected chi connectivity index (χ2v) is 3.98. The van der Waals surface area contributed by atoms with E-state index >= 15 is 0 Å². The summed E-state index contributed by atoms with van der Waals surface area (Å²) in [5.74, 6) is 0.0761. The Balaban J connectivity index is 2.06. The van der Waals surface area contributed by atoms with Crippen LogP contribution in [0.4, 0.5) is 0 Å². The second-order valence-electron chi connectivity index (χ2n) is 3.98. The van der Waals surface area contributed by atoms with Crippen molar-refractivity contribution in [1.29, 1.82) is 0 Å². The Morgan fingerprint density at radius 1 is 1.75 bits per heavy atom. The van der Waals surface area contributed by atoms with Gasteiger partial charge in [0.05, 0.1) is 17.5 Å². The molecule has 1 fully saturated rings. The van der Waals surface area contributed by atoms with Crippen molar-refractivity contribution < 1.29 is 10.0 Å². The number of amides is 1. The number of carbonyl (C=O) groups excluding carboxylic acids is 1. The summed E-state index contributed by atoms with van der Waals surface area (Å²) in [6.07, 6.45) is 3.73. The molecule has 1 aliphatic rings. The van der Waals surface area contributed by atoms with E-state index < -0.39 is 0 Å². The SMILES string of the molecule is CC1CN(C(=O)c2cn[nH]c2)CCC1=NO. The zero-order valence-electron chi connectivity index (χ0n) is 9.05. The molecule has 0 aromatic carbocycles. The number of H-pyrrole nitrogens is 1. The highest BCUT2D eigenvalue weighted by atomic mass is 16.4. The predicted octanol–water partition coefficient (Wildman–Crippen LogP) is 0.722. The van der Waals surface area contributed by atoms with Crippen LogP contribution in [0.1, 0.15) is 23.7 Å². The molecule has 0 aliphatic carbocycles. The average Bonchev–Trinajstić information content (AvgIpc) is 2.81. The summed E-state index contributed by atoms with van der Waals surface area (Å²) < 4.78 is 0. The highest BCUT2D eigenvalue weighted by molar-refractivity contribution is 5.96. The molecule has 0 spiro atoms. The Bertz CT molecular complexity index is 399. The van der Waals surface area contributed by atoms with E-state index in [2.05, 4.69) is 15.4 Å². The molecule has 1 aliphatic heterocycles. The fourth-order valence-electron chi connectivity index (χ4n) is 1.91. The van der Waals surface area contributed by atoms with Gasteiger partial charge in [-0.15, -0.1) is 0 Å². The maximum absolute atomic E-state index is 12.0. The number of likely N-dealkylation sites (tertiary alicyclic amines) is 1. The first-order chi connectivity index (χ1) is 7.72. The zero-order chi connectivity index (χ0) is 11.5. The molecular weight excluding hydrogens is 208 g/mol. The van der Waals surface area contributed by atoms with Crippen LogP contribution in [-0.4, -0.2) is 45.0 Å². The molecule has 1 aromatic rings. The predicted molar refractivity (Wildman–Crippen MR) is 57.5 cm³/mol. The molecule has 2 rings (SSSR count). The first kappa shape index (κ1) is 10.7. The first-order valence-electron chi connectivity index (χ1n) is 5.21. The van der Waals surface area contributed by atoms with Gasteiger partial charge in [-0.1, -0.05) is 12.1 Å². The van der Waals surface area contributed by atoms with Gasteiger partial charge in [0.15, 0.2) is 0 Å². The van der Waals surface area contributed by atoms with Crippen LogP contribution in [0.2, 0.25) is 0 Å². The van der Waals surface area contributed by atoms with Crippen LogP contribution in [0.3, 0.4) is 0 Å². The minimum absolute atomic E-state index is 0.0300. The maximum atomic E-state index is 12.0. The number of nitrogens with zero attached hydrogens (tertiary/aromatic N) is 3. The topological polar surface area (TPSA) is 81.6 Å². The molecule has 1 amide bonds. The summed E-state index contributed by atoms with van der Waals surface area (Å²) in [6, 6.07) is 0. The molecule has 0 saturated carbocycles. The van der Waals surface area contributed by atoms with Crippen LogP contribution in [0.5, 0.6) is 0 Å². The molecule has 1 unspecified atom stereocenters. The number of piperidine rings is 1. The third kappa shape index (κ3) is 1.91. The standard InChI is InChI=1S/C10H14N4O2/c1-7-6-14(3-2-9(7)13-16)10(15)8-4-11-12-5-8/h4-5,7,16H,2-3,6H2,1H3,(H,11,12). The third-order valence-electron chi connectivity index (χ3n) is 2.86. The normalized spacial score (nSPS) is 23.7. The first-order valence-corrected chi connectivity index (χ1v) is 5.21. The van der Waals surface area contributed by atoms with Gasteiger partial charge in [0, 0.05) is 31.6 Å². The number of hydrogen-bond donors (Lipinski definition) is 2. The molecule has 0 radical (unpaired) electrons. The third-order valence-corrected chi connectivity index (χ3v) is 2.86. The highest BCUT2D eigenvalue weighted by Gasteiger charge is 2.26. The van der Waals surface area contributed by atoms with Gasteiger partial charge in [-0.05, 0) is 0 Å². The lowest BCUT2D eigenvalue weighted by molar-refractivity contribution is 0.0734. The van der Waals surface area contributed by atoms with Crippen molar-refractivity contribution in [2.24, 2.45) is 11.1 Å². The molecule has 1 aromatic heterocycles. The summed E-state index contributed by atoms with van der Waals surface area (Å²) in [6.45, 7) is 3.13. The fourth-order valence-corrected chi connectivity index (χ4v) is 1.91. The van der Waals surface area contributed by atoms with E-state index in [0.29, 0.717) is 25.1 Å². The van der Waals surface area contributed by atoms with Gasteiger partial charge in [0.2, 0.25) is 0 Å². The van der Waals surface area contributed by atoms with Gasteiger partial charge in [0.1, 0.15) is 0 Å². The van der Waals surface area contributed by atoms with Crippen molar-refractivity contribution >= 4 is 11.6 Å². The van der Waals surface area contributed by atoms with Crippen molar-refractivity contribution in [3.8, 4) is 0 Å². The van der Waals surface area contributed by atoms with E-state index in [1.54, 1.807) is 11.1 Å². The van der Waals surface area contributed by atoms with Gasteiger partial charge < -0.3 is 10.1 Å². The van der Waals surface area contributed by atoms with E-state index in [1.165, 1.54) is 6.20 Å². The maximum Gasteiger partial charge on any atom is 0.257 e. The van der Waals surface area contributed by atoms with E-state index in [9.17, 15) is 4.79 Å². The molecule has 2 heterocycles. The van der Waals surface area contributed by atoms with Gasteiger partial charge in [0.25, 0.3) is 5.91 Å². The van der Waals surface area contributed by atoms with Crippen LogP contribution < -0.4 is 0 Å². The molecule has 6 heteroatoms. The molecule has 1 atom stereocenters. The lowest BCUT2D eigenvalue weighted by Crippen LogP contribution is -2.43. The van der Waals surface area contributed by atoms with Crippen molar-refractivity contribution in [2.75, 3.05) is 13.1 Å². The number of aromatic amines is 1. The lowest BCUT2D eigenvalue weighted by Gasteiger charge is -2.31. The molecule has 1 saturated heterocycles. The number of oxime groups is 1. The average molecular weight is 222 g/mol. The summed E-state index contributed by atoms with van der Waals surface area (Å²) in [5, 5.41) is 18.4. The van der Waals surface area contributed by atoms with Crippen LogP contribution in [0, 0.1) is 5.92 Å². The number of nitrogens with one attached hydrogen (secondary N) is 1. The lowest BCUT2D eigenvalue weighted by atomic mass is 9.97. The van der Waals surface area contributed by atoms with Crippen molar-refractivity contribution in [1.82, 2.24) is 15.1 Å². The summed E-state index contributed by atoms with van der Waals surface area (Å²) >= 11 is 0. The molecule has 0 bridgehead atoms. The number of aromatic nitrogens is 2. The molecule has 6 nitrogen and oxygen atoms in total. The zero-order valence-corrected chi connectivity index (χ0v) is 9.05. The monoisotopic (exact) mass is 222 g/mol. The summed E-state index contributed by atoms with van der Waals surface area (Å²) in [4.78, 5) is 13.7. The summed E-state index contributed by atoms with van der Waals surface area (Å²) in [7, 11) is 0. The van der Waals surface area contributed by atoms with Crippen molar-refractivity contribution in [3.63, 3.8) is 0 Å². The van der Waals surface area contributed by atoms with Crippen molar-refractivity contribution in [3.05, 3.63) is 18.0 Å². The number of hydrogen-bond acceptors (Lipinski definition) is 4. The molecule has 16 heavy (non-hydrogen) atoms. The van der Waals surface area contributed by atoms with E-state index in [0.717, 1.165) is 5.71 Å². The number of carbonyl (C=O) groups is 1. The minimum atomic E-state index is -0.0300. The second kappa shape index (κ2) is 4.34. The fraction of sp³-hybridized carbons (Fsp3) is 0.500.